The molecule has 0 saturated heterocycles. The van der Waals surface area contributed by atoms with E-state index in [1.165, 1.54) is 5.56 Å². The lowest BCUT2D eigenvalue weighted by Crippen LogP contribution is -2.11. The zero-order valence-electron chi connectivity index (χ0n) is 14.9. The number of fused-ring (bicyclic) bond motifs is 1. The number of pyridine rings is 1. The first-order chi connectivity index (χ1) is 13.2. The molecule has 0 aliphatic rings. The van der Waals surface area contributed by atoms with Crippen LogP contribution in [-0.4, -0.2) is 15.3 Å². The molecule has 1 N–H and O–H groups in total. The van der Waals surface area contributed by atoms with E-state index in [0.29, 0.717) is 17.9 Å². The van der Waals surface area contributed by atoms with E-state index < -0.39 is 0 Å². The number of nitrogens with one attached hydrogen (secondary N) is 1. The minimum Gasteiger partial charge on any atom is -0.487 e. The number of anilines is 1. The molecule has 0 aliphatic heterocycles. The van der Waals surface area contributed by atoms with Gasteiger partial charge in [0.2, 0.25) is 0 Å². The van der Waals surface area contributed by atoms with Crippen LogP contribution in [0.4, 0.5) is 5.69 Å². The number of carbonyl (C=O) groups excluding carboxylic acids is 1. The highest BCUT2D eigenvalue weighted by Gasteiger charge is 2.08. The van der Waals surface area contributed by atoms with Gasteiger partial charge in [0, 0.05) is 23.6 Å². The molecule has 5 nitrogen and oxygen atoms in total. The van der Waals surface area contributed by atoms with Gasteiger partial charge in [-0.1, -0.05) is 30.3 Å². The maximum Gasteiger partial charge on any atom is 0.255 e. The summed E-state index contributed by atoms with van der Waals surface area (Å²) in [4.78, 5) is 16.9. The van der Waals surface area contributed by atoms with E-state index in [1.54, 1.807) is 12.1 Å². The van der Waals surface area contributed by atoms with Crippen LogP contribution in [0.25, 0.3) is 5.65 Å². The van der Waals surface area contributed by atoms with Crippen molar-refractivity contribution in [3.05, 3.63) is 95.9 Å². The Balaban J connectivity index is 1.44. The fraction of sp³-hybridized carbons (Fsp3) is 0.0909. The molecule has 0 spiro atoms. The van der Waals surface area contributed by atoms with E-state index in [9.17, 15) is 4.79 Å². The van der Waals surface area contributed by atoms with Crippen LogP contribution in [0.2, 0.25) is 0 Å². The maximum atomic E-state index is 12.4. The van der Waals surface area contributed by atoms with Gasteiger partial charge in [0.1, 0.15) is 18.0 Å². The molecule has 2 heterocycles. The summed E-state index contributed by atoms with van der Waals surface area (Å²) in [6, 6.07) is 20.5. The van der Waals surface area contributed by atoms with Crippen LogP contribution < -0.4 is 10.1 Å². The summed E-state index contributed by atoms with van der Waals surface area (Å²) >= 11 is 0. The highest BCUT2D eigenvalue weighted by atomic mass is 16.5. The van der Waals surface area contributed by atoms with E-state index in [0.717, 1.165) is 17.0 Å². The molecule has 4 aromatic rings. The summed E-state index contributed by atoms with van der Waals surface area (Å²) in [5.74, 6) is 0.457. The minimum absolute atomic E-state index is 0.171. The number of hydrogen-bond donors (Lipinski definition) is 1. The van der Waals surface area contributed by atoms with Crippen molar-refractivity contribution in [3.8, 4) is 5.75 Å². The van der Waals surface area contributed by atoms with Crippen LogP contribution >= 0.6 is 0 Å². The van der Waals surface area contributed by atoms with E-state index >= 15 is 0 Å². The summed E-state index contributed by atoms with van der Waals surface area (Å²) in [5, 5.41) is 2.87. The summed E-state index contributed by atoms with van der Waals surface area (Å²) in [6.07, 6.45) is 3.98. The summed E-state index contributed by atoms with van der Waals surface area (Å²) < 4.78 is 7.82. The average molecular weight is 357 g/mol. The van der Waals surface area contributed by atoms with Gasteiger partial charge in [0.05, 0.1) is 5.69 Å². The molecule has 2 aromatic heterocycles. The van der Waals surface area contributed by atoms with Gasteiger partial charge in [-0.2, -0.15) is 0 Å². The first kappa shape index (κ1) is 16.8. The zero-order chi connectivity index (χ0) is 18.6. The predicted molar refractivity (Wildman–Crippen MR) is 105 cm³/mol. The SMILES string of the molecule is Cc1ccc2nc(COc3cccc(C(=O)Nc4ccccc4)c3)cn2c1. The standard InChI is InChI=1S/C22H19N3O2/c1-16-10-11-21-23-19(14-25(21)13-16)15-27-20-9-5-6-17(12-20)22(26)24-18-7-3-2-4-8-18/h2-14H,15H2,1H3,(H,24,26). The molecule has 0 atom stereocenters. The fourth-order valence-corrected chi connectivity index (χ4v) is 2.83. The van der Waals surface area contributed by atoms with Gasteiger partial charge in [-0.05, 0) is 48.9 Å². The molecular weight excluding hydrogens is 338 g/mol. The van der Waals surface area contributed by atoms with Crippen LogP contribution in [0.1, 0.15) is 21.6 Å². The third kappa shape index (κ3) is 3.98. The first-order valence-corrected chi connectivity index (χ1v) is 8.71. The Kier molecular flexibility index (Phi) is 4.58. The van der Waals surface area contributed by atoms with Crippen LogP contribution in [0.15, 0.2) is 79.1 Å². The predicted octanol–water partition coefficient (Wildman–Crippen LogP) is 4.47. The number of nitrogens with zero attached hydrogens (tertiary/aromatic N) is 2. The smallest absolute Gasteiger partial charge is 0.255 e. The van der Waals surface area contributed by atoms with E-state index in [4.69, 9.17) is 4.74 Å². The molecule has 4 rings (SSSR count). The van der Waals surface area contributed by atoms with Crippen LogP contribution in [0.5, 0.6) is 5.75 Å². The minimum atomic E-state index is -0.171. The van der Waals surface area contributed by atoms with Crippen molar-refractivity contribution in [2.45, 2.75) is 13.5 Å². The lowest BCUT2D eigenvalue weighted by Gasteiger charge is -2.08. The van der Waals surface area contributed by atoms with Crippen molar-refractivity contribution in [3.63, 3.8) is 0 Å². The van der Waals surface area contributed by atoms with Crippen LogP contribution in [0.3, 0.4) is 0 Å². The number of carbonyl (C=O) groups is 1. The monoisotopic (exact) mass is 357 g/mol. The number of hydrogen-bond acceptors (Lipinski definition) is 3. The largest absolute Gasteiger partial charge is 0.487 e. The van der Waals surface area contributed by atoms with Gasteiger partial charge in [-0.25, -0.2) is 4.98 Å². The molecule has 27 heavy (non-hydrogen) atoms. The summed E-state index contributed by atoms with van der Waals surface area (Å²) in [7, 11) is 0. The molecule has 0 saturated carbocycles. The third-order valence-corrected chi connectivity index (χ3v) is 4.16. The average Bonchev–Trinajstić information content (AvgIpc) is 3.09. The third-order valence-electron chi connectivity index (χ3n) is 4.16. The molecule has 2 aromatic carbocycles. The number of imidazole rings is 1. The van der Waals surface area contributed by atoms with Crippen LogP contribution in [-0.2, 0) is 6.61 Å². The molecule has 0 fully saturated rings. The summed E-state index contributed by atoms with van der Waals surface area (Å²) in [6.45, 7) is 2.38. The van der Waals surface area contributed by atoms with Gasteiger partial charge < -0.3 is 14.5 Å². The lowest BCUT2D eigenvalue weighted by atomic mass is 10.2. The molecule has 134 valence electrons. The molecule has 0 unspecified atom stereocenters. The lowest BCUT2D eigenvalue weighted by molar-refractivity contribution is 0.102. The van der Waals surface area contributed by atoms with E-state index in [-0.39, 0.29) is 5.91 Å². The first-order valence-electron chi connectivity index (χ1n) is 8.71. The number of aryl methyl sites for hydroxylation is 1. The van der Waals surface area contributed by atoms with E-state index in [1.807, 2.05) is 78.3 Å². The second-order valence-corrected chi connectivity index (χ2v) is 6.34. The van der Waals surface area contributed by atoms with Gasteiger partial charge in [-0.3, -0.25) is 4.79 Å². The van der Waals surface area contributed by atoms with Gasteiger partial charge in [0.15, 0.2) is 0 Å². The number of amides is 1. The Morgan fingerprint density at radius 3 is 2.74 bits per heavy atom. The topological polar surface area (TPSA) is 55.6 Å². The van der Waals surface area contributed by atoms with Crippen molar-refractivity contribution < 1.29 is 9.53 Å². The molecule has 1 amide bonds. The number of rotatable bonds is 5. The molecule has 0 aliphatic carbocycles. The highest BCUT2D eigenvalue weighted by molar-refractivity contribution is 6.04. The van der Waals surface area contributed by atoms with Crippen molar-refractivity contribution in [2.75, 3.05) is 5.32 Å². The van der Waals surface area contributed by atoms with Gasteiger partial charge in [0.25, 0.3) is 5.91 Å². The second-order valence-electron chi connectivity index (χ2n) is 6.34. The zero-order valence-corrected chi connectivity index (χ0v) is 14.9. The quantitative estimate of drug-likeness (QED) is 0.573. The Bertz CT molecular complexity index is 1090. The molecule has 0 bridgehead atoms. The Morgan fingerprint density at radius 1 is 1.04 bits per heavy atom. The van der Waals surface area contributed by atoms with Gasteiger partial charge >= 0.3 is 0 Å². The van der Waals surface area contributed by atoms with Gasteiger partial charge in [-0.15, -0.1) is 0 Å². The van der Waals surface area contributed by atoms with Crippen LogP contribution in [0, 0.1) is 6.92 Å². The van der Waals surface area contributed by atoms with Crippen molar-refractivity contribution >= 4 is 17.2 Å². The maximum absolute atomic E-state index is 12.4. The highest BCUT2D eigenvalue weighted by Crippen LogP contribution is 2.17. The number of para-hydroxylation sites is 1. The normalized spacial score (nSPS) is 10.7. The molecular formula is C22H19N3O2. The van der Waals surface area contributed by atoms with Crippen molar-refractivity contribution in [2.24, 2.45) is 0 Å². The van der Waals surface area contributed by atoms with Crippen molar-refractivity contribution in [1.82, 2.24) is 9.38 Å². The number of ether oxygens (including phenoxy) is 1. The molecule has 5 heteroatoms. The molecule has 0 radical (unpaired) electrons. The summed E-state index contributed by atoms with van der Waals surface area (Å²) in [5.41, 5.74) is 4.19. The Hall–Kier alpha value is -3.60. The van der Waals surface area contributed by atoms with Crippen molar-refractivity contribution in [1.29, 1.82) is 0 Å². The Morgan fingerprint density at radius 2 is 1.89 bits per heavy atom. The Labute approximate surface area is 157 Å². The fourth-order valence-electron chi connectivity index (χ4n) is 2.83. The van der Waals surface area contributed by atoms with E-state index in [2.05, 4.69) is 10.3 Å². The number of aromatic nitrogens is 2. The second kappa shape index (κ2) is 7.33. The number of benzene rings is 2.